The lowest BCUT2D eigenvalue weighted by Gasteiger charge is -2.23. The molecule has 1 heterocycles. The minimum Gasteiger partial charge on any atom is -0.320 e. The topological polar surface area (TPSA) is 149 Å². The van der Waals surface area contributed by atoms with Gasteiger partial charge in [-0.05, 0) is 84.8 Å². The number of carbonyl (C=O) groups excluding carboxylic acids is 2. The average Bonchev–Trinajstić information content (AvgIpc) is 3.44. The highest BCUT2D eigenvalue weighted by molar-refractivity contribution is 7.22. The van der Waals surface area contributed by atoms with Crippen molar-refractivity contribution < 1.29 is 22.8 Å². The zero-order valence-electron chi connectivity index (χ0n) is 23.2. The molecular formula is C30H27F3N8O2S. The largest absolute Gasteiger partial charge is 0.416 e. The van der Waals surface area contributed by atoms with Gasteiger partial charge in [-0.15, -0.1) is 10.2 Å². The number of halogens is 3. The van der Waals surface area contributed by atoms with Gasteiger partial charge in [-0.1, -0.05) is 41.7 Å². The number of nitrogens with one attached hydrogen (secondary N) is 3. The van der Waals surface area contributed by atoms with Crippen LogP contribution in [0.1, 0.15) is 52.7 Å². The van der Waals surface area contributed by atoms with Crippen molar-refractivity contribution in [2.75, 3.05) is 10.2 Å². The van der Waals surface area contributed by atoms with Crippen LogP contribution in [0, 0.1) is 5.53 Å². The predicted molar refractivity (Wildman–Crippen MR) is 163 cm³/mol. The fraction of sp³-hybridized carbons (Fsp3) is 0.200. The fourth-order valence-corrected chi connectivity index (χ4v) is 5.60. The zero-order chi connectivity index (χ0) is 31.3. The van der Waals surface area contributed by atoms with Gasteiger partial charge in [0.2, 0.25) is 0 Å². The van der Waals surface area contributed by atoms with E-state index >= 15 is 0 Å². The molecule has 3 aromatic carbocycles. The molecule has 0 saturated heterocycles. The number of fused-ring (bicyclic) bond motifs is 1. The minimum absolute atomic E-state index is 0.108. The van der Waals surface area contributed by atoms with Gasteiger partial charge in [-0.2, -0.15) is 13.2 Å². The van der Waals surface area contributed by atoms with E-state index < -0.39 is 23.7 Å². The molecule has 1 aromatic heterocycles. The second-order valence-electron chi connectivity index (χ2n) is 9.95. The van der Waals surface area contributed by atoms with E-state index in [4.69, 9.17) is 11.4 Å². The Bertz CT molecular complexity index is 1750. The van der Waals surface area contributed by atoms with Gasteiger partial charge < -0.3 is 5.84 Å². The smallest absolute Gasteiger partial charge is 0.320 e. The number of allylic oxidation sites excluding steroid dienone is 2. The van der Waals surface area contributed by atoms with Crippen molar-refractivity contribution in [3.63, 3.8) is 0 Å². The van der Waals surface area contributed by atoms with E-state index in [9.17, 15) is 22.8 Å². The number of amides is 3. The summed E-state index contributed by atoms with van der Waals surface area (Å²) in [4.78, 5) is 31.8. The van der Waals surface area contributed by atoms with Crippen LogP contribution in [0.2, 0.25) is 0 Å². The lowest BCUT2D eigenvalue weighted by Crippen LogP contribution is -2.34. The number of thiazole rings is 1. The first kappa shape index (κ1) is 30.4. The number of hydrazone groups is 1. The second kappa shape index (κ2) is 13.0. The van der Waals surface area contributed by atoms with Crippen LogP contribution in [0.25, 0.3) is 15.8 Å². The van der Waals surface area contributed by atoms with Gasteiger partial charge in [0.1, 0.15) is 0 Å². The van der Waals surface area contributed by atoms with E-state index in [0.29, 0.717) is 16.0 Å². The summed E-state index contributed by atoms with van der Waals surface area (Å²) in [5, 5.41) is 11.4. The Labute approximate surface area is 254 Å². The molecule has 4 aromatic rings. The number of nitrogens with zero attached hydrogens (tertiary/aromatic N) is 4. The number of alkyl halides is 3. The van der Waals surface area contributed by atoms with Crippen LogP contribution in [0.5, 0.6) is 0 Å². The monoisotopic (exact) mass is 620 g/mol. The van der Waals surface area contributed by atoms with Crippen molar-refractivity contribution in [1.82, 2.24) is 10.3 Å². The van der Waals surface area contributed by atoms with Gasteiger partial charge in [0.15, 0.2) is 5.13 Å². The molecule has 226 valence electrons. The molecule has 5 rings (SSSR count). The summed E-state index contributed by atoms with van der Waals surface area (Å²) in [5.74, 6) is 4.17. The third-order valence-electron chi connectivity index (χ3n) is 7.02. The Morgan fingerprint density at radius 3 is 2.43 bits per heavy atom. The fourth-order valence-electron chi connectivity index (χ4n) is 4.76. The van der Waals surface area contributed by atoms with Crippen molar-refractivity contribution in [2.45, 2.75) is 38.4 Å². The highest BCUT2D eigenvalue weighted by Crippen LogP contribution is 2.34. The Balaban J connectivity index is 1.40. The molecule has 0 saturated carbocycles. The highest BCUT2D eigenvalue weighted by atomic mass is 32.1. The summed E-state index contributed by atoms with van der Waals surface area (Å²) < 4.78 is 40.1. The summed E-state index contributed by atoms with van der Waals surface area (Å²) in [6.45, 7) is 0.108. The van der Waals surface area contributed by atoms with Crippen LogP contribution >= 0.6 is 11.3 Å². The van der Waals surface area contributed by atoms with Crippen LogP contribution in [-0.2, 0) is 12.7 Å². The molecule has 10 nitrogen and oxygen atoms in total. The van der Waals surface area contributed by atoms with Crippen LogP contribution in [0.3, 0.4) is 0 Å². The number of guanidine groups is 1. The summed E-state index contributed by atoms with van der Waals surface area (Å²) in [7, 11) is 0. The molecule has 0 atom stereocenters. The number of hydrogen-bond donors (Lipinski definition) is 4. The van der Waals surface area contributed by atoms with E-state index in [1.165, 1.54) is 23.0 Å². The molecule has 5 N–H and O–H groups in total. The van der Waals surface area contributed by atoms with Gasteiger partial charge in [0, 0.05) is 11.3 Å². The molecule has 0 bridgehead atoms. The van der Waals surface area contributed by atoms with Gasteiger partial charge in [0.25, 0.3) is 11.9 Å². The molecule has 14 heteroatoms. The first-order valence-corrected chi connectivity index (χ1v) is 14.4. The van der Waals surface area contributed by atoms with Crippen molar-refractivity contribution in [1.29, 1.82) is 5.53 Å². The van der Waals surface area contributed by atoms with Crippen molar-refractivity contribution in [3.8, 4) is 0 Å². The normalized spacial score (nSPS) is 13.7. The molecule has 44 heavy (non-hydrogen) atoms. The SMILES string of the molecule is N=N/C(=N\N)NC(=O)c1ccc(CN(C(=O)Nc2nc3cc(C(F)(F)F)ccc3s2)c2ccc(C3=CCCCC3)cc2)cc1. The van der Waals surface area contributed by atoms with Crippen LogP contribution in [-0.4, -0.2) is 22.9 Å². The number of rotatable bonds is 6. The zero-order valence-corrected chi connectivity index (χ0v) is 24.0. The number of nitrogens with two attached hydrogens (primary N) is 1. The molecule has 0 aliphatic heterocycles. The molecule has 0 spiro atoms. The lowest BCUT2D eigenvalue weighted by molar-refractivity contribution is -0.137. The summed E-state index contributed by atoms with van der Waals surface area (Å²) >= 11 is 1.07. The Hall–Kier alpha value is -5.11. The van der Waals surface area contributed by atoms with Gasteiger partial charge in [-0.25, -0.2) is 15.3 Å². The molecular weight excluding hydrogens is 593 g/mol. The van der Waals surface area contributed by atoms with Crippen molar-refractivity contribution >= 4 is 55.8 Å². The number of urea groups is 1. The maximum absolute atomic E-state index is 13.6. The van der Waals surface area contributed by atoms with Gasteiger partial charge in [0.05, 0.1) is 22.3 Å². The molecule has 0 unspecified atom stereocenters. The third-order valence-corrected chi connectivity index (χ3v) is 7.98. The predicted octanol–water partition coefficient (Wildman–Crippen LogP) is 7.50. The second-order valence-corrected chi connectivity index (χ2v) is 11.0. The van der Waals surface area contributed by atoms with E-state index in [2.05, 4.69) is 31.9 Å². The summed E-state index contributed by atoms with van der Waals surface area (Å²) in [6.07, 6.45) is 2.04. The van der Waals surface area contributed by atoms with Crippen molar-refractivity contribution in [3.05, 3.63) is 95.1 Å². The van der Waals surface area contributed by atoms with Crippen LogP contribution in [0.4, 0.5) is 28.8 Å². The quantitative estimate of drug-likeness (QED) is 0.0580. The van der Waals surface area contributed by atoms with Gasteiger partial charge >= 0.3 is 12.2 Å². The lowest BCUT2D eigenvalue weighted by atomic mass is 9.93. The molecule has 3 amide bonds. The minimum atomic E-state index is -4.51. The first-order chi connectivity index (χ1) is 21.1. The molecule has 0 fully saturated rings. The first-order valence-electron chi connectivity index (χ1n) is 13.6. The Morgan fingerprint density at radius 2 is 1.80 bits per heavy atom. The Morgan fingerprint density at radius 1 is 1.05 bits per heavy atom. The van der Waals surface area contributed by atoms with E-state index in [1.54, 1.807) is 24.3 Å². The maximum Gasteiger partial charge on any atom is 0.416 e. The standard InChI is InChI=1S/C30H27F3N8O2S/c31-30(32,33)22-12-15-25-24(16-22)36-28(44-25)38-29(43)41(23-13-10-20(11-14-23)19-4-2-1-3-5-19)17-18-6-8-21(9-7-18)26(42)37-27(39-34)40-35/h4,6-16,34H,1-3,5,17,35H2,(H,36,38,43)(H,37,40,42). The number of anilines is 2. The Kier molecular flexibility index (Phi) is 8.99. The highest BCUT2D eigenvalue weighted by Gasteiger charge is 2.31. The number of hydrogen-bond acceptors (Lipinski definition) is 7. The van der Waals surface area contributed by atoms with Gasteiger partial charge in [-0.3, -0.25) is 20.3 Å². The number of aromatic nitrogens is 1. The van der Waals surface area contributed by atoms with E-state index in [1.807, 2.05) is 24.3 Å². The number of benzene rings is 3. The third kappa shape index (κ3) is 7.09. The summed E-state index contributed by atoms with van der Waals surface area (Å²) in [6, 6.07) is 16.8. The van der Waals surface area contributed by atoms with Crippen LogP contribution in [0.15, 0.2) is 83.0 Å². The maximum atomic E-state index is 13.6. The van der Waals surface area contributed by atoms with E-state index in [0.717, 1.165) is 48.3 Å². The molecule has 1 aliphatic rings. The number of carbonyl (C=O) groups is 2. The summed E-state index contributed by atoms with van der Waals surface area (Å²) in [5.41, 5.74) is 10.2. The molecule has 0 radical (unpaired) electrons. The van der Waals surface area contributed by atoms with Crippen molar-refractivity contribution in [2.24, 2.45) is 16.1 Å². The van der Waals surface area contributed by atoms with Crippen LogP contribution < -0.4 is 21.4 Å². The van der Waals surface area contributed by atoms with E-state index in [-0.39, 0.29) is 28.7 Å². The average molecular weight is 621 g/mol. The molecule has 1 aliphatic carbocycles.